The van der Waals surface area contributed by atoms with Gasteiger partial charge in [-0.05, 0) is 62.5 Å². The first kappa shape index (κ1) is 22.0. The molecule has 1 saturated heterocycles. The van der Waals surface area contributed by atoms with Gasteiger partial charge in [0.2, 0.25) is 0 Å². The van der Waals surface area contributed by atoms with Gasteiger partial charge in [0.05, 0.1) is 16.4 Å². The molecule has 2 aromatic heterocycles. The summed E-state index contributed by atoms with van der Waals surface area (Å²) in [6.07, 6.45) is 14.9. The predicted octanol–water partition coefficient (Wildman–Crippen LogP) is 4.53. The number of amides is 1. The molecule has 0 saturated carbocycles. The maximum absolute atomic E-state index is 13.5. The van der Waals surface area contributed by atoms with Crippen LogP contribution in [0, 0.1) is 12.8 Å². The number of allylic oxidation sites excluding steroid dienone is 4. The highest BCUT2D eigenvalue weighted by Gasteiger charge is 2.27. The average Bonchev–Trinajstić information content (AvgIpc) is 3.15. The molecule has 172 valence electrons. The number of carbonyl (C=O) groups excluding carboxylic acids is 1. The summed E-state index contributed by atoms with van der Waals surface area (Å²) >= 11 is 6.54. The molecule has 0 spiro atoms. The van der Waals surface area contributed by atoms with Crippen LogP contribution in [0.4, 0.5) is 0 Å². The first-order valence-electron chi connectivity index (χ1n) is 11.6. The third-order valence-corrected chi connectivity index (χ3v) is 6.85. The van der Waals surface area contributed by atoms with Gasteiger partial charge in [-0.3, -0.25) is 9.69 Å². The Morgan fingerprint density at radius 1 is 1.09 bits per heavy atom. The SMILES string of the molecule is Cc1cn2cc(C3=CC(=O)N4C=C(N5CC(C)NC(C)C5)C=CC4=CCC3C)cc(Cl)c2n1. The van der Waals surface area contributed by atoms with Gasteiger partial charge >= 0.3 is 0 Å². The quantitative estimate of drug-likeness (QED) is 0.711. The Morgan fingerprint density at radius 2 is 1.82 bits per heavy atom. The molecule has 5 heterocycles. The van der Waals surface area contributed by atoms with E-state index in [1.165, 1.54) is 0 Å². The van der Waals surface area contributed by atoms with Gasteiger partial charge in [0.15, 0.2) is 5.65 Å². The Morgan fingerprint density at radius 3 is 2.58 bits per heavy atom. The van der Waals surface area contributed by atoms with E-state index in [1.807, 2.05) is 36.0 Å². The second-order valence-corrected chi connectivity index (χ2v) is 9.93. The van der Waals surface area contributed by atoms with E-state index in [0.29, 0.717) is 17.1 Å². The van der Waals surface area contributed by atoms with Crippen LogP contribution in [0.5, 0.6) is 0 Å². The number of fused-ring (bicyclic) bond motifs is 2. The molecule has 0 bridgehead atoms. The fourth-order valence-electron chi connectivity index (χ4n) is 5.06. The van der Waals surface area contributed by atoms with E-state index in [2.05, 4.69) is 54.2 Å². The smallest absolute Gasteiger partial charge is 0.255 e. The number of piperazine rings is 1. The lowest BCUT2D eigenvalue weighted by atomic mass is 9.90. The molecule has 3 aliphatic rings. The zero-order valence-electron chi connectivity index (χ0n) is 19.5. The Balaban J connectivity index is 1.49. The molecule has 1 amide bonds. The van der Waals surface area contributed by atoms with Crippen molar-refractivity contribution in [2.24, 2.45) is 5.92 Å². The fraction of sp³-hybridized carbons (Fsp3) is 0.385. The fourth-order valence-corrected chi connectivity index (χ4v) is 5.31. The lowest BCUT2D eigenvalue weighted by Gasteiger charge is -2.39. The summed E-state index contributed by atoms with van der Waals surface area (Å²) in [7, 11) is 0. The highest BCUT2D eigenvalue weighted by molar-refractivity contribution is 6.33. The minimum atomic E-state index is -0.0427. The predicted molar refractivity (Wildman–Crippen MR) is 132 cm³/mol. The van der Waals surface area contributed by atoms with Gasteiger partial charge in [-0.2, -0.15) is 0 Å². The third kappa shape index (κ3) is 4.25. The van der Waals surface area contributed by atoms with Crippen molar-refractivity contribution < 1.29 is 4.79 Å². The lowest BCUT2D eigenvalue weighted by molar-refractivity contribution is -0.122. The van der Waals surface area contributed by atoms with Crippen LogP contribution in [-0.4, -0.2) is 50.3 Å². The summed E-state index contributed by atoms with van der Waals surface area (Å²) in [5, 5.41) is 4.15. The van der Waals surface area contributed by atoms with Crippen LogP contribution in [-0.2, 0) is 4.79 Å². The maximum atomic E-state index is 13.5. The topological polar surface area (TPSA) is 52.9 Å². The molecule has 0 aliphatic carbocycles. The van der Waals surface area contributed by atoms with E-state index in [0.717, 1.165) is 53.4 Å². The van der Waals surface area contributed by atoms with Crippen molar-refractivity contribution in [3.63, 3.8) is 0 Å². The number of pyridine rings is 1. The number of halogens is 1. The summed E-state index contributed by atoms with van der Waals surface area (Å²) < 4.78 is 1.94. The van der Waals surface area contributed by atoms with Crippen LogP contribution in [0.15, 0.2) is 60.4 Å². The summed E-state index contributed by atoms with van der Waals surface area (Å²) in [5.41, 5.74) is 5.58. The van der Waals surface area contributed by atoms with Crippen molar-refractivity contribution in [1.82, 2.24) is 24.5 Å². The average molecular weight is 464 g/mol. The number of rotatable bonds is 2. The molecule has 3 unspecified atom stereocenters. The second kappa shape index (κ2) is 8.50. The second-order valence-electron chi connectivity index (χ2n) is 9.52. The number of aryl methyl sites for hydroxylation is 1. The summed E-state index contributed by atoms with van der Waals surface area (Å²) in [6, 6.07) is 2.73. The monoisotopic (exact) mass is 463 g/mol. The molecular formula is C26H30ClN5O. The summed E-state index contributed by atoms with van der Waals surface area (Å²) in [5.74, 6) is 0.134. The highest BCUT2D eigenvalue weighted by atomic mass is 35.5. The minimum Gasteiger partial charge on any atom is -0.367 e. The number of nitrogens with one attached hydrogen (secondary N) is 1. The Bertz CT molecular complexity index is 1230. The molecule has 7 heteroatoms. The van der Waals surface area contributed by atoms with Gasteiger partial charge in [-0.25, -0.2) is 4.98 Å². The zero-order valence-corrected chi connectivity index (χ0v) is 20.3. The number of imidazole rings is 1. The zero-order chi connectivity index (χ0) is 23.3. The summed E-state index contributed by atoms with van der Waals surface area (Å²) in [4.78, 5) is 22.1. The highest BCUT2D eigenvalue weighted by Crippen LogP contribution is 2.33. The van der Waals surface area contributed by atoms with E-state index >= 15 is 0 Å². The molecule has 0 aromatic carbocycles. The number of carbonyl (C=O) groups is 1. The molecule has 2 aromatic rings. The maximum Gasteiger partial charge on any atom is 0.255 e. The Kier molecular flexibility index (Phi) is 5.67. The minimum absolute atomic E-state index is 0.0427. The van der Waals surface area contributed by atoms with E-state index in [4.69, 9.17) is 11.6 Å². The van der Waals surface area contributed by atoms with Gasteiger partial charge < -0.3 is 14.6 Å². The largest absolute Gasteiger partial charge is 0.367 e. The van der Waals surface area contributed by atoms with Gasteiger partial charge in [-0.15, -0.1) is 0 Å². The van der Waals surface area contributed by atoms with Crippen LogP contribution >= 0.6 is 11.6 Å². The number of nitrogens with zero attached hydrogens (tertiary/aromatic N) is 4. The van der Waals surface area contributed by atoms with Crippen molar-refractivity contribution in [2.75, 3.05) is 13.1 Å². The Labute approximate surface area is 199 Å². The molecular weight excluding hydrogens is 434 g/mol. The molecule has 5 rings (SSSR count). The van der Waals surface area contributed by atoms with Crippen LogP contribution in [0.2, 0.25) is 5.02 Å². The van der Waals surface area contributed by atoms with E-state index in [1.54, 1.807) is 11.0 Å². The van der Waals surface area contributed by atoms with E-state index < -0.39 is 0 Å². The van der Waals surface area contributed by atoms with Gasteiger partial charge in [-0.1, -0.05) is 24.6 Å². The van der Waals surface area contributed by atoms with Crippen LogP contribution in [0.1, 0.15) is 38.4 Å². The number of aromatic nitrogens is 2. The van der Waals surface area contributed by atoms with Crippen molar-refractivity contribution >= 4 is 28.7 Å². The third-order valence-electron chi connectivity index (χ3n) is 6.58. The van der Waals surface area contributed by atoms with Crippen molar-refractivity contribution in [2.45, 2.75) is 46.2 Å². The van der Waals surface area contributed by atoms with Gasteiger partial charge in [0.1, 0.15) is 0 Å². The molecule has 3 aliphatic heterocycles. The van der Waals surface area contributed by atoms with Crippen LogP contribution in [0.3, 0.4) is 0 Å². The van der Waals surface area contributed by atoms with Gasteiger partial charge in [0.25, 0.3) is 5.91 Å². The Hall–Kier alpha value is -2.83. The van der Waals surface area contributed by atoms with Gasteiger partial charge in [0, 0.05) is 55.5 Å². The lowest BCUT2D eigenvalue weighted by Crippen LogP contribution is -2.53. The van der Waals surface area contributed by atoms with E-state index in [9.17, 15) is 4.79 Å². The molecule has 1 N–H and O–H groups in total. The van der Waals surface area contributed by atoms with E-state index in [-0.39, 0.29) is 11.8 Å². The molecule has 33 heavy (non-hydrogen) atoms. The molecule has 6 nitrogen and oxygen atoms in total. The number of hydrogen-bond donors (Lipinski definition) is 1. The standard InChI is InChI=1S/C26H30ClN5O/c1-16-5-6-21-7-8-22(30-11-17(2)28-18(3)12-30)15-32(21)25(33)10-23(16)20-9-24(27)26-29-19(4)13-31(26)14-20/h6-10,13-18,28H,5,11-12H2,1-4H3. The van der Waals surface area contributed by atoms with Crippen molar-refractivity contribution in [1.29, 1.82) is 0 Å². The van der Waals surface area contributed by atoms with Crippen LogP contribution < -0.4 is 5.32 Å². The molecule has 0 radical (unpaired) electrons. The van der Waals surface area contributed by atoms with Crippen LogP contribution in [0.25, 0.3) is 11.2 Å². The number of hydrogen-bond acceptors (Lipinski definition) is 4. The first-order valence-corrected chi connectivity index (χ1v) is 12.0. The normalized spacial score (nSPS) is 25.9. The molecule has 3 atom stereocenters. The van der Waals surface area contributed by atoms with Crippen molar-refractivity contribution in [3.8, 4) is 0 Å². The van der Waals surface area contributed by atoms with Crippen molar-refractivity contribution in [3.05, 3.63) is 76.6 Å². The molecule has 1 fully saturated rings. The first-order chi connectivity index (χ1) is 15.8. The summed E-state index contributed by atoms with van der Waals surface area (Å²) in [6.45, 7) is 10.3.